The molecule has 1 heterocycles. The second-order valence-electron chi connectivity index (χ2n) is 7.81. The van der Waals surface area contributed by atoms with Gasteiger partial charge < -0.3 is 10.2 Å². The second kappa shape index (κ2) is 9.67. The molecule has 0 radical (unpaired) electrons. The van der Waals surface area contributed by atoms with Crippen LogP contribution in [0.15, 0.2) is 47.4 Å². The van der Waals surface area contributed by atoms with E-state index in [2.05, 4.69) is 10.2 Å². The quantitative estimate of drug-likeness (QED) is 0.650. The lowest BCUT2D eigenvalue weighted by Crippen LogP contribution is -2.35. The first-order chi connectivity index (χ1) is 13.8. The van der Waals surface area contributed by atoms with E-state index in [1.807, 2.05) is 12.1 Å². The van der Waals surface area contributed by atoms with Crippen molar-refractivity contribution < 1.29 is 17.2 Å². The van der Waals surface area contributed by atoms with Gasteiger partial charge in [0.25, 0.3) is 0 Å². The van der Waals surface area contributed by atoms with Gasteiger partial charge >= 0.3 is 0 Å². The van der Waals surface area contributed by atoms with Gasteiger partial charge in [0.15, 0.2) is 21.5 Å². The molecule has 0 saturated carbocycles. The minimum Gasteiger partial charge on any atom is -0.385 e. The van der Waals surface area contributed by atoms with Gasteiger partial charge in [-0.2, -0.15) is 0 Å². The third-order valence-electron chi connectivity index (χ3n) is 5.48. The molecule has 1 N–H and O–H groups in total. The number of sulfone groups is 1. The van der Waals surface area contributed by atoms with E-state index >= 15 is 0 Å². The fourth-order valence-electron chi connectivity index (χ4n) is 3.76. The van der Waals surface area contributed by atoms with Crippen molar-refractivity contribution in [3.63, 3.8) is 0 Å². The van der Waals surface area contributed by atoms with Gasteiger partial charge in [-0.25, -0.2) is 17.2 Å². The van der Waals surface area contributed by atoms with Crippen molar-refractivity contribution >= 4 is 15.5 Å². The molecule has 2 aromatic carbocycles. The lowest BCUT2D eigenvalue weighted by molar-refractivity contribution is 0.183. The smallest absolute Gasteiger partial charge is 0.175 e. The Balaban J connectivity index is 1.35. The highest BCUT2D eigenvalue weighted by Gasteiger charge is 2.19. The highest BCUT2D eigenvalue weighted by molar-refractivity contribution is 7.90. The molecule has 0 spiro atoms. The van der Waals surface area contributed by atoms with Crippen LogP contribution in [0.25, 0.3) is 0 Å². The van der Waals surface area contributed by atoms with Crippen molar-refractivity contribution in [3.8, 4) is 0 Å². The molecule has 29 heavy (non-hydrogen) atoms. The van der Waals surface area contributed by atoms with E-state index < -0.39 is 21.5 Å². The molecular formula is C22H28F2N2O2S. The lowest BCUT2D eigenvalue weighted by Gasteiger charge is -2.32. The summed E-state index contributed by atoms with van der Waals surface area (Å²) in [5, 5.41) is 3.13. The van der Waals surface area contributed by atoms with Crippen molar-refractivity contribution in [2.45, 2.75) is 30.6 Å². The maximum absolute atomic E-state index is 13.2. The Morgan fingerprint density at radius 2 is 1.72 bits per heavy atom. The van der Waals surface area contributed by atoms with Crippen molar-refractivity contribution in [1.29, 1.82) is 0 Å². The summed E-state index contributed by atoms with van der Waals surface area (Å²) in [4.78, 5) is 2.81. The van der Waals surface area contributed by atoms with Crippen LogP contribution in [0.2, 0.25) is 0 Å². The van der Waals surface area contributed by atoms with E-state index in [-0.39, 0.29) is 0 Å². The topological polar surface area (TPSA) is 49.4 Å². The van der Waals surface area contributed by atoms with Crippen molar-refractivity contribution in [3.05, 3.63) is 59.7 Å². The first-order valence-corrected chi connectivity index (χ1v) is 11.9. The standard InChI is InChI=1S/C22H28F2N2O2S/c1-29(27,28)20-6-3-17(4-7-20)15-18-9-13-26(14-10-18)12-2-11-25-19-5-8-21(23)22(24)16-19/h3-8,16,18,25H,2,9-15H2,1H3. The summed E-state index contributed by atoms with van der Waals surface area (Å²) >= 11 is 0. The normalized spacial score (nSPS) is 16.1. The molecule has 0 bridgehead atoms. The first kappa shape index (κ1) is 21.7. The highest BCUT2D eigenvalue weighted by Crippen LogP contribution is 2.23. The molecule has 7 heteroatoms. The Bertz CT molecular complexity index is 909. The van der Waals surface area contributed by atoms with Crippen LogP contribution in [0, 0.1) is 17.6 Å². The van der Waals surface area contributed by atoms with Gasteiger partial charge in [-0.15, -0.1) is 0 Å². The van der Waals surface area contributed by atoms with Crippen LogP contribution >= 0.6 is 0 Å². The highest BCUT2D eigenvalue weighted by atomic mass is 32.2. The average molecular weight is 423 g/mol. The third-order valence-corrected chi connectivity index (χ3v) is 6.61. The molecule has 3 rings (SSSR count). The van der Waals surface area contributed by atoms with Gasteiger partial charge in [0.2, 0.25) is 0 Å². The molecule has 0 amide bonds. The van der Waals surface area contributed by atoms with Gasteiger partial charge in [0, 0.05) is 18.5 Å². The number of hydrogen-bond acceptors (Lipinski definition) is 4. The third kappa shape index (κ3) is 6.51. The van der Waals surface area contributed by atoms with Crippen molar-refractivity contribution in [2.24, 2.45) is 5.92 Å². The molecule has 2 aromatic rings. The number of rotatable bonds is 8. The van der Waals surface area contributed by atoms with Crippen LogP contribution in [-0.4, -0.2) is 45.8 Å². The predicted octanol–water partition coefficient (Wildman–Crippen LogP) is 4.13. The number of benzene rings is 2. The Labute approximate surface area is 171 Å². The number of hydrogen-bond donors (Lipinski definition) is 1. The Morgan fingerprint density at radius 1 is 1.03 bits per heavy atom. The summed E-state index contributed by atoms with van der Waals surface area (Å²) in [5.41, 5.74) is 1.79. The number of piperidine rings is 1. The largest absolute Gasteiger partial charge is 0.385 e. The molecule has 1 aliphatic rings. The Morgan fingerprint density at radius 3 is 2.34 bits per heavy atom. The number of halogens is 2. The fraction of sp³-hybridized carbons (Fsp3) is 0.455. The minimum absolute atomic E-state index is 0.369. The molecule has 0 unspecified atom stereocenters. The van der Waals surface area contributed by atoms with E-state index in [0.717, 1.165) is 57.9 Å². The maximum atomic E-state index is 13.2. The summed E-state index contributed by atoms with van der Waals surface area (Å²) in [6, 6.07) is 11.1. The lowest BCUT2D eigenvalue weighted by atomic mass is 9.90. The van der Waals surface area contributed by atoms with Crippen LogP contribution in [0.3, 0.4) is 0 Å². The van der Waals surface area contributed by atoms with Gasteiger partial charge in [0.05, 0.1) is 4.90 Å². The van der Waals surface area contributed by atoms with E-state index in [9.17, 15) is 17.2 Å². The molecule has 1 fully saturated rings. The van der Waals surface area contributed by atoms with Crippen molar-refractivity contribution in [1.82, 2.24) is 4.90 Å². The Kier molecular flexibility index (Phi) is 7.24. The summed E-state index contributed by atoms with van der Waals surface area (Å²) < 4.78 is 49.2. The fourth-order valence-corrected chi connectivity index (χ4v) is 4.39. The summed E-state index contributed by atoms with van der Waals surface area (Å²) in [6.07, 6.45) is 5.41. The first-order valence-electron chi connectivity index (χ1n) is 10.0. The molecule has 0 aromatic heterocycles. The zero-order valence-corrected chi connectivity index (χ0v) is 17.5. The predicted molar refractivity (Wildman–Crippen MR) is 112 cm³/mol. The number of nitrogens with one attached hydrogen (secondary N) is 1. The van der Waals surface area contributed by atoms with Crippen LogP contribution in [-0.2, 0) is 16.3 Å². The molecule has 4 nitrogen and oxygen atoms in total. The molecule has 1 saturated heterocycles. The zero-order chi connectivity index (χ0) is 20.9. The summed E-state index contributed by atoms with van der Waals surface area (Å²) in [6.45, 7) is 3.80. The monoisotopic (exact) mass is 422 g/mol. The van der Waals surface area contributed by atoms with Gasteiger partial charge in [-0.1, -0.05) is 12.1 Å². The van der Waals surface area contributed by atoms with Crippen LogP contribution < -0.4 is 5.32 Å². The summed E-state index contributed by atoms with van der Waals surface area (Å²) in [7, 11) is -3.14. The van der Waals surface area contributed by atoms with Crippen LogP contribution in [0.4, 0.5) is 14.5 Å². The van der Waals surface area contributed by atoms with Gasteiger partial charge in [0.1, 0.15) is 0 Å². The van der Waals surface area contributed by atoms with E-state index in [1.165, 1.54) is 17.9 Å². The molecule has 0 aliphatic carbocycles. The van der Waals surface area contributed by atoms with Crippen LogP contribution in [0.5, 0.6) is 0 Å². The average Bonchev–Trinajstić information content (AvgIpc) is 2.69. The molecule has 158 valence electrons. The van der Waals surface area contributed by atoms with E-state index in [1.54, 1.807) is 18.2 Å². The minimum atomic E-state index is -3.14. The van der Waals surface area contributed by atoms with Crippen molar-refractivity contribution in [2.75, 3.05) is 37.8 Å². The molecular weight excluding hydrogens is 394 g/mol. The number of likely N-dealkylation sites (tertiary alicyclic amines) is 1. The van der Waals surface area contributed by atoms with E-state index in [4.69, 9.17) is 0 Å². The molecule has 1 aliphatic heterocycles. The number of nitrogens with zero attached hydrogens (tertiary/aromatic N) is 1. The number of anilines is 1. The Hall–Kier alpha value is -1.99. The zero-order valence-electron chi connectivity index (χ0n) is 16.7. The maximum Gasteiger partial charge on any atom is 0.175 e. The SMILES string of the molecule is CS(=O)(=O)c1ccc(CC2CCN(CCCNc3ccc(F)c(F)c3)CC2)cc1. The molecule has 0 atom stereocenters. The van der Waals surface area contributed by atoms with Gasteiger partial charge in [-0.3, -0.25) is 0 Å². The van der Waals surface area contributed by atoms with Gasteiger partial charge in [-0.05, 0) is 87.1 Å². The van der Waals surface area contributed by atoms with E-state index in [0.29, 0.717) is 16.5 Å². The summed E-state index contributed by atoms with van der Waals surface area (Å²) in [5.74, 6) is -1.04. The van der Waals surface area contributed by atoms with Crippen LogP contribution in [0.1, 0.15) is 24.8 Å². The second-order valence-corrected chi connectivity index (χ2v) is 9.83.